The normalized spacial score (nSPS) is 13.5. The van der Waals surface area contributed by atoms with Crippen molar-refractivity contribution in [2.45, 2.75) is 290 Å². The van der Waals surface area contributed by atoms with Crippen LogP contribution in [0.15, 0.2) is 12.2 Å². The number of phosphoric ester groups is 1. The second kappa shape index (κ2) is 49.6. The van der Waals surface area contributed by atoms with Crippen LogP contribution in [0.4, 0.5) is 0 Å². The van der Waals surface area contributed by atoms with Crippen LogP contribution in [0.25, 0.3) is 0 Å². The van der Waals surface area contributed by atoms with Gasteiger partial charge in [-0.25, -0.2) is 4.57 Å². The maximum Gasteiger partial charge on any atom is 0.472 e. The molecule has 0 aromatic rings. The Morgan fingerprint density at radius 3 is 1.06 bits per heavy atom. The molecule has 66 heavy (non-hydrogen) atoms. The zero-order chi connectivity index (χ0) is 48.4. The van der Waals surface area contributed by atoms with E-state index in [1.807, 2.05) is 0 Å². The van der Waals surface area contributed by atoms with E-state index < -0.39 is 57.8 Å². The van der Waals surface area contributed by atoms with E-state index in [0.717, 1.165) is 77.0 Å². The van der Waals surface area contributed by atoms with Crippen LogP contribution in [0.5, 0.6) is 0 Å². The number of phosphoric acid groups is 1. The fourth-order valence-corrected chi connectivity index (χ4v) is 8.72. The van der Waals surface area contributed by atoms with Crippen LogP contribution < -0.4 is 0 Å². The topological polar surface area (TPSA) is 155 Å². The van der Waals surface area contributed by atoms with E-state index >= 15 is 0 Å². The molecule has 0 fully saturated rings. The van der Waals surface area contributed by atoms with Gasteiger partial charge >= 0.3 is 25.7 Å². The van der Waals surface area contributed by atoms with Crippen LogP contribution in [0, 0.1) is 0 Å². The largest absolute Gasteiger partial charge is 0.472 e. The number of aliphatic hydroxyl groups is 1. The monoisotopic (exact) mass is 959 g/mol. The molecule has 3 unspecified atom stereocenters. The Labute approximate surface area is 405 Å². The zero-order valence-electron chi connectivity index (χ0n) is 42.9. The third kappa shape index (κ3) is 47.3. The molecule has 0 spiro atoms. The van der Waals surface area contributed by atoms with Crippen molar-refractivity contribution in [3.05, 3.63) is 12.2 Å². The summed E-state index contributed by atoms with van der Waals surface area (Å²) in [7, 11) is -4.73. The van der Waals surface area contributed by atoms with Crippen LogP contribution in [0.2, 0.25) is 0 Å². The molecule has 2 N–H and O–H groups in total. The third-order valence-corrected chi connectivity index (χ3v) is 13.1. The first-order valence-electron chi connectivity index (χ1n) is 27.6. The lowest BCUT2D eigenvalue weighted by Crippen LogP contribution is -2.30. The molecule has 0 aliphatic rings. The Morgan fingerprint density at radius 1 is 0.409 bits per heavy atom. The summed E-state index contributed by atoms with van der Waals surface area (Å²) in [5.41, 5.74) is 0. The predicted molar refractivity (Wildman–Crippen MR) is 270 cm³/mol. The van der Waals surface area contributed by atoms with Gasteiger partial charge in [-0.15, -0.1) is 0 Å². The molecule has 12 heteroatoms. The second-order valence-corrected chi connectivity index (χ2v) is 20.2. The van der Waals surface area contributed by atoms with Crippen molar-refractivity contribution in [3.63, 3.8) is 0 Å². The number of hydrogen-bond donors (Lipinski definition) is 2. The lowest BCUT2D eigenvalue weighted by Gasteiger charge is -2.21. The summed E-state index contributed by atoms with van der Waals surface area (Å²) < 4.78 is 39.4. The van der Waals surface area contributed by atoms with Crippen molar-refractivity contribution in [2.75, 3.05) is 26.4 Å². The molecule has 0 saturated heterocycles. The minimum Gasteiger partial charge on any atom is -0.462 e. The predicted octanol–water partition coefficient (Wildman–Crippen LogP) is 15.7. The van der Waals surface area contributed by atoms with E-state index in [-0.39, 0.29) is 25.9 Å². The molecule has 0 bridgehead atoms. The molecule has 0 aliphatic heterocycles. The highest BCUT2D eigenvalue weighted by atomic mass is 31.2. The number of allylic oxidation sites excluding steroid dienone is 2. The molecular formula is C54H103O11P. The fraction of sp³-hybridized carbons (Fsp3) is 0.907. The van der Waals surface area contributed by atoms with Gasteiger partial charge in [0.1, 0.15) is 12.7 Å². The van der Waals surface area contributed by atoms with Gasteiger partial charge in [0.15, 0.2) is 6.10 Å². The van der Waals surface area contributed by atoms with E-state index in [0.29, 0.717) is 19.3 Å². The first kappa shape index (κ1) is 64.2. The van der Waals surface area contributed by atoms with Crippen LogP contribution in [0.3, 0.4) is 0 Å². The van der Waals surface area contributed by atoms with E-state index in [2.05, 4.69) is 32.9 Å². The Balaban J connectivity index is 4.69. The van der Waals surface area contributed by atoms with E-state index in [4.69, 9.17) is 23.3 Å². The molecule has 0 aromatic heterocycles. The van der Waals surface area contributed by atoms with Gasteiger partial charge in [-0.1, -0.05) is 226 Å². The zero-order valence-corrected chi connectivity index (χ0v) is 43.8. The molecule has 3 atom stereocenters. The number of esters is 3. The van der Waals surface area contributed by atoms with E-state index in [9.17, 15) is 28.9 Å². The number of aliphatic hydroxyl groups excluding tert-OH is 1. The average molecular weight is 959 g/mol. The third-order valence-electron chi connectivity index (χ3n) is 12.2. The number of hydrogen-bond acceptors (Lipinski definition) is 10. The molecule has 0 heterocycles. The van der Waals surface area contributed by atoms with Gasteiger partial charge in [-0.2, -0.15) is 0 Å². The van der Waals surface area contributed by atoms with Gasteiger partial charge in [-0.3, -0.25) is 23.4 Å². The molecule has 0 aliphatic carbocycles. The second-order valence-electron chi connectivity index (χ2n) is 18.8. The Morgan fingerprint density at radius 2 is 0.697 bits per heavy atom. The Kier molecular flexibility index (Phi) is 48.3. The summed E-state index contributed by atoms with van der Waals surface area (Å²) >= 11 is 0. The quantitative estimate of drug-likeness (QED) is 0.0197. The van der Waals surface area contributed by atoms with Crippen molar-refractivity contribution < 1.29 is 52.2 Å². The van der Waals surface area contributed by atoms with Gasteiger partial charge in [0.05, 0.1) is 19.8 Å². The standard InChI is InChI=1S/C54H103O11P/c1-4-7-10-13-16-19-22-24-25-27-29-31-34-37-40-43-52(56)61-47-51(65-54(58)45-42-39-36-33-30-26-23-20-17-14-11-8-5-2)49-63-66(59,60)62-48-50(46-55)64-53(57)44-41-38-35-32-28-21-18-15-12-9-6-3/h20,23,50-51,55H,4-19,21-22,24-49H2,1-3H3,(H,59,60)/b23-20-. The summed E-state index contributed by atoms with van der Waals surface area (Å²) in [5.74, 6) is -1.45. The van der Waals surface area contributed by atoms with Gasteiger partial charge in [0, 0.05) is 19.3 Å². The average Bonchev–Trinajstić information content (AvgIpc) is 3.30. The number of rotatable bonds is 52. The minimum absolute atomic E-state index is 0.164. The number of carbonyl (C=O) groups is 3. The lowest BCUT2D eigenvalue weighted by atomic mass is 10.0. The first-order valence-corrected chi connectivity index (χ1v) is 29.1. The summed E-state index contributed by atoms with van der Waals surface area (Å²) in [6.07, 6.45) is 46.0. The van der Waals surface area contributed by atoms with Crippen LogP contribution in [-0.4, -0.2) is 66.5 Å². The smallest absolute Gasteiger partial charge is 0.462 e. The van der Waals surface area contributed by atoms with Crippen molar-refractivity contribution in [1.82, 2.24) is 0 Å². The summed E-state index contributed by atoms with van der Waals surface area (Å²) in [4.78, 5) is 48.3. The number of unbranched alkanes of at least 4 members (excludes halogenated alkanes) is 33. The van der Waals surface area contributed by atoms with Crippen molar-refractivity contribution in [1.29, 1.82) is 0 Å². The first-order chi connectivity index (χ1) is 32.2. The summed E-state index contributed by atoms with van der Waals surface area (Å²) in [6.45, 7) is 4.65. The van der Waals surface area contributed by atoms with Crippen LogP contribution >= 0.6 is 7.82 Å². The summed E-state index contributed by atoms with van der Waals surface area (Å²) in [5, 5.41) is 9.77. The van der Waals surface area contributed by atoms with Crippen molar-refractivity contribution in [2.24, 2.45) is 0 Å². The molecule has 0 rings (SSSR count). The summed E-state index contributed by atoms with van der Waals surface area (Å²) in [6, 6.07) is 0. The van der Waals surface area contributed by atoms with Gasteiger partial charge < -0.3 is 24.2 Å². The maximum absolute atomic E-state index is 12.8. The Bertz CT molecular complexity index is 1160. The number of carbonyl (C=O) groups excluding carboxylic acids is 3. The fourth-order valence-electron chi connectivity index (χ4n) is 7.94. The molecule has 390 valence electrons. The SMILES string of the molecule is CCCCCC/C=C\CCCCCCCC(=O)OC(COC(=O)CCCCCCCCCCCCCCCCC)COP(=O)(O)OCC(CO)OC(=O)CCCCCCCCCCCCC. The lowest BCUT2D eigenvalue weighted by molar-refractivity contribution is -0.161. The van der Waals surface area contributed by atoms with Gasteiger partial charge in [-0.05, 0) is 44.9 Å². The molecule has 11 nitrogen and oxygen atoms in total. The van der Waals surface area contributed by atoms with E-state index in [1.165, 1.54) is 141 Å². The van der Waals surface area contributed by atoms with Crippen molar-refractivity contribution >= 4 is 25.7 Å². The van der Waals surface area contributed by atoms with Gasteiger partial charge in [0.2, 0.25) is 0 Å². The molecule has 0 radical (unpaired) electrons. The van der Waals surface area contributed by atoms with Crippen LogP contribution in [0.1, 0.15) is 278 Å². The molecule has 0 saturated carbocycles. The maximum atomic E-state index is 12.8. The van der Waals surface area contributed by atoms with Crippen molar-refractivity contribution in [3.8, 4) is 0 Å². The molecule has 0 aromatic carbocycles. The highest BCUT2D eigenvalue weighted by Crippen LogP contribution is 2.43. The molecule has 0 amide bonds. The minimum atomic E-state index is -4.73. The molecular weight excluding hydrogens is 856 g/mol. The van der Waals surface area contributed by atoms with Crippen LogP contribution in [-0.2, 0) is 42.2 Å². The number of ether oxygens (including phenoxy) is 3. The highest BCUT2D eigenvalue weighted by Gasteiger charge is 2.28. The van der Waals surface area contributed by atoms with Gasteiger partial charge in [0.25, 0.3) is 0 Å². The highest BCUT2D eigenvalue weighted by molar-refractivity contribution is 7.47. The van der Waals surface area contributed by atoms with E-state index in [1.54, 1.807) is 0 Å². The Hall–Kier alpha value is -1.78.